The first-order chi connectivity index (χ1) is 11.7. The lowest BCUT2D eigenvalue weighted by atomic mass is 10.2. The van der Waals surface area contributed by atoms with Crippen molar-refractivity contribution < 1.29 is 4.39 Å². The number of fused-ring (bicyclic) bond motifs is 1. The van der Waals surface area contributed by atoms with Gasteiger partial charge in [-0.1, -0.05) is 6.07 Å². The summed E-state index contributed by atoms with van der Waals surface area (Å²) in [5, 5.41) is 1.11. The summed E-state index contributed by atoms with van der Waals surface area (Å²) in [5.74, 6) is 0.573. The number of rotatable bonds is 3. The molecule has 3 heterocycles. The van der Waals surface area contributed by atoms with Gasteiger partial charge in [-0.05, 0) is 36.8 Å². The molecule has 24 heavy (non-hydrogen) atoms. The van der Waals surface area contributed by atoms with Crippen LogP contribution in [0, 0.1) is 12.7 Å². The maximum atomic E-state index is 13.0. The quantitative estimate of drug-likeness (QED) is 0.730. The van der Waals surface area contributed by atoms with Crippen LogP contribution >= 0.6 is 11.3 Å². The van der Waals surface area contributed by atoms with E-state index in [0.717, 1.165) is 49.1 Å². The highest BCUT2D eigenvalue weighted by Crippen LogP contribution is 2.23. The van der Waals surface area contributed by atoms with Crippen molar-refractivity contribution in [2.24, 2.45) is 0 Å². The molecule has 3 aromatic rings. The molecule has 0 aliphatic carbocycles. The fourth-order valence-corrected chi connectivity index (χ4v) is 4.02. The summed E-state index contributed by atoms with van der Waals surface area (Å²) in [5.41, 5.74) is 2.42. The minimum atomic E-state index is -0.286. The Morgan fingerprint density at radius 3 is 2.71 bits per heavy atom. The Hall–Kier alpha value is -2.05. The molecule has 124 valence electrons. The molecule has 1 aliphatic heterocycles. The zero-order valence-corrected chi connectivity index (χ0v) is 14.4. The van der Waals surface area contributed by atoms with Gasteiger partial charge in [0.05, 0.1) is 21.4 Å². The van der Waals surface area contributed by atoms with Gasteiger partial charge in [0.15, 0.2) is 0 Å². The fourth-order valence-electron chi connectivity index (χ4n) is 3.13. The van der Waals surface area contributed by atoms with Gasteiger partial charge >= 0.3 is 0 Å². The molecule has 0 saturated carbocycles. The van der Waals surface area contributed by atoms with Crippen molar-refractivity contribution in [1.29, 1.82) is 0 Å². The number of nitrogens with zero attached hydrogens (tertiary/aromatic N) is 4. The zero-order chi connectivity index (χ0) is 16.5. The number of hydrogen-bond acceptors (Lipinski definition) is 5. The van der Waals surface area contributed by atoms with Crippen LogP contribution in [0.3, 0.4) is 0 Å². The van der Waals surface area contributed by atoms with E-state index in [1.807, 2.05) is 6.92 Å². The average Bonchev–Trinajstić information content (AvgIpc) is 2.96. The maximum absolute atomic E-state index is 13.0. The molecule has 1 aromatic carbocycles. The van der Waals surface area contributed by atoms with Crippen molar-refractivity contribution in [3.05, 3.63) is 52.9 Å². The molecular formula is C18H19FN4S. The average molecular weight is 342 g/mol. The monoisotopic (exact) mass is 342 g/mol. The summed E-state index contributed by atoms with van der Waals surface area (Å²) >= 11 is 1.75. The fraction of sp³-hybridized carbons (Fsp3) is 0.333. The summed E-state index contributed by atoms with van der Waals surface area (Å²) in [6.07, 6.45) is 1.29. The molecule has 0 bridgehead atoms. The topological polar surface area (TPSA) is 32.3 Å². The van der Waals surface area contributed by atoms with E-state index in [9.17, 15) is 4.39 Å². The summed E-state index contributed by atoms with van der Waals surface area (Å²) in [6, 6.07) is 9.78. The van der Waals surface area contributed by atoms with E-state index in [0.29, 0.717) is 0 Å². The van der Waals surface area contributed by atoms with Gasteiger partial charge in [0.25, 0.3) is 0 Å². The van der Waals surface area contributed by atoms with Crippen molar-refractivity contribution in [3.63, 3.8) is 0 Å². The van der Waals surface area contributed by atoms with E-state index in [-0.39, 0.29) is 5.82 Å². The molecule has 1 fully saturated rings. The van der Waals surface area contributed by atoms with Crippen LogP contribution in [0.5, 0.6) is 0 Å². The minimum absolute atomic E-state index is 0.286. The van der Waals surface area contributed by atoms with Crippen LogP contribution in [0.2, 0.25) is 0 Å². The van der Waals surface area contributed by atoms with E-state index in [2.05, 4.69) is 38.0 Å². The molecule has 0 N–H and O–H groups in total. The van der Waals surface area contributed by atoms with Gasteiger partial charge in [0.2, 0.25) is 0 Å². The highest BCUT2D eigenvalue weighted by molar-refractivity contribution is 7.18. The van der Waals surface area contributed by atoms with Gasteiger partial charge in [0.1, 0.15) is 11.6 Å². The van der Waals surface area contributed by atoms with Crippen LogP contribution in [0.4, 0.5) is 10.2 Å². The Labute approximate surface area is 144 Å². The lowest BCUT2D eigenvalue weighted by Crippen LogP contribution is -2.46. The SMILES string of the molecule is Cc1nc2ccc(CN3CCN(c4ccc(F)cn4)CC3)cc2s1. The molecule has 1 saturated heterocycles. The van der Waals surface area contributed by atoms with Gasteiger partial charge in [-0.25, -0.2) is 14.4 Å². The number of anilines is 1. The number of pyridine rings is 1. The summed E-state index contributed by atoms with van der Waals surface area (Å²) in [6.45, 7) is 6.81. The summed E-state index contributed by atoms with van der Waals surface area (Å²) in [4.78, 5) is 13.4. The van der Waals surface area contributed by atoms with Crippen LogP contribution in [-0.2, 0) is 6.54 Å². The molecule has 4 nitrogen and oxygen atoms in total. The lowest BCUT2D eigenvalue weighted by Gasteiger charge is -2.35. The molecular weight excluding hydrogens is 323 g/mol. The molecule has 0 atom stereocenters. The van der Waals surface area contributed by atoms with E-state index < -0.39 is 0 Å². The summed E-state index contributed by atoms with van der Waals surface area (Å²) < 4.78 is 14.2. The zero-order valence-electron chi connectivity index (χ0n) is 13.6. The molecule has 0 radical (unpaired) electrons. The van der Waals surface area contributed by atoms with Crippen molar-refractivity contribution in [2.75, 3.05) is 31.1 Å². The number of halogens is 1. The number of benzene rings is 1. The van der Waals surface area contributed by atoms with E-state index in [1.54, 1.807) is 17.4 Å². The molecule has 6 heteroatoms. The third-order valence-corrected chi connectivity index (χ3v) is 5.31. The van der Waals surface area contributed by atoms with Crippen LogP contribution in [0.25, 0.3) is 10.2 Å². The van der Waals surface area contributed by atoms with Crippen molar-refractivity contribution in [1.82, 2.24) is 14.9 Å². The van der Waals surface area contributed by atoms with Gasteiger partial charge in [-0.2, -0.15) is 0 Å². The maximum Gasteiger partial charge on any atom is 0.141 e. The Bertz CT molecular complexity index is 838. The Balaban J connectivity index is 1.39. The van der Waals surface area contributed by atoms with E-state index in [4.69, 9.17) is 0 Å². The number of aryl methyl sites for hydroxylation is 1. The van der Waals surface area contributed by atoms with Gasteiger partial charge < -0.3 is 4.90 Å². The molecule has 4 rings (SSSR count). The molecule has 0 unspecified atom stereocenters. The lowest BCUT2D eigenvalue weighted by molar-refractivity contribution is 0.249. The second-order valence-corrected chi connectivity index (χ2v) is 7.37. The van der Waals surface area contributed by atoms with E-state index >= 15 is 0 Å². The smallest absolute Gasteiger partial charge is 0.141 e. The predicted molar refractivity (Wildman–Crippen MR) is 96.0 cm³/mol. The standard InChI is InChI=1S/C18H19FN4S/c1-13-21-16-4-2-14(10-17(16)24-13)12-22-6-8-23(9-7-22)18-5-3-15(19)11-20-18/h2-5,10-11H,6-9,12H2,1H3. The van der Waals surface area contributed by atoms with Crippen LogP contribution < -0.4 is 4.90 Å². The number of thiazole rings is 1. The Morgan fingerprint density at radius 1 is 1.12 bits per heavy atom. The van der Waals surface area contributed by atoms with Crippen molar-refractivity contribution in [3.8, 4) is 0 Å². The number of piperazine rings is 1. The third-order valence-electron chi connectivity index (χ3n) is 4.37. The van der Waals surface area contributed by atoms with Gasteiger partial charge in [-0.3, -0.25) is 4.90 Å². The minimum Gasteiger partial charge on any atom is -0.354 e. The van der Waals surface area contributed by atoms with Gasteiger partial charge in [0, 0.05) is 32.7 Å². The molecule has 0 amide bonds. The molecule has 1 aliphatic rings. The second kappa shape index (κ2) is 6.45. The first kappa shape index (κ1) is 15.5. The first-order valence-corrected chi connectivity index (χ1v) is 8.94. The Morgan fingerprint density at radius 2 is 1.96 bits per heavy atom. The normalized spacial score (nSPS) is 16.0. The van der Waals surface area contributed by atoms with Crippen LogP contribution in [-0.4, -0.2) is 41.0 Å². The van der Waals surface area contributed by atoms with Crippen molar-refractivity contribution >= 4 is 27.4 Å². The van der Waals surface area contributed by atoms with Crippen molar-refractivity contribution in [2.45, 2.75) is 13.5 Å². The van der Waals surface area contributed by atoms with Crippen LogP contribution in [0.15, 0.2) is 36.5 Å². The highest BCUT2D eigenvalue weighted by Gasteiger charge is 2.18. The first-order valence-electron chi connectivity index (χ1n) is 8.12. The summed E-state index contributed by atoms with van der Waals surface area (Å²) in [7, 11) is 0. The number of aromatic nitrogens is 2. The van der Waals surface area contributed by atoms with Crippen LogP contribution in [0.1, 0.15) is 10.6 Å². The number of hydrogen-bond donors (Lipinski definition) is 0. The predicted octanol–water partition coefficient (Wildman–Crippen LogP) is 3.46. The van der Waals surface area contributed by atoms with Gasteiger partial charge in [-0.15, -0.1) is 11.3 Å². The Kier molecular flexibility index (Phi) is 4.16. The highest BCUT2D eigenvalue weighted by atomic mass is 32.1. The largest absolute Gasteiger partial charge is 0.354 e. The third kappa shape index (κ3) is 3.25. The molecule has 0 spiro atoms. The molecule has 2 aromatic heterocycles. The second-order valence-electron chi connectivity index (χ2n) is 6.13. The van der Waals surface area contributed by atoms with E-state index in [1.165, 1.54) is 22.5 Å².